The molecule has 0 aliphatic carbocycles. The molecule has 1 aliphatic heterocycles. The molecule has 0 saturated carbocycles. The zero-order valence-electron chi connectivity index (χ0n) is 5.98. The van der Waals surface area contributed by atoms with Crippen molar-refractivity contribution in [3.05, 3.63) is 0 Å². The molecule has 1 fully saturated rings. The molecule has 1 saturated heterocycles. The lowest BCUT2D eigenvalue weighted by molar-refractivity contribution is 0.482. The van der Waals surface area contributed by atoms with Crippen LogP contribution in [-0.2, 0) is 0 Å². The van der Waals surface area contributed by atoms with E-state index in [0.29, 0.717) is 18.5 Å². The van der Waals surface area contributed by atoms with Crippen molar-refractivity contribution in [2.24, 2.45) is 5.73 Å². The van der Waals surface area contributed by atoms with Crippen LogP contribution >= 0.6 is 0 Å². The first-order valence-electron chi connectivity index (χ1n) is 3.62. The Balaban J connectivity index is 2.25. The summed E-state index contributed by atoms with van der Waals surface area (Å²) in [6.45, 7) is 1.60. The molecule has 0 aromatic rings. The van der Waals surface area contributed by atoms with E-state index < -0.39 is 0 Å². The van der Waals surface area contributed by atoms with Gasteiger partial charge in [0.1, 0.15) is 0 Å². The van der Waals surface area contributed by atoms with E-state index in [-0.39, 0.29) is 0 Å². The number of nitrogens with one attached hydrogen (secondary N) is 3. The number of guanidine groups is 1. The Bertz CT molecular complexity index is 121. The maximum absolute atomic E-state index is 7.23. The summed E-state index contributed by atoms with van der Waals surface area (Å²) in [6.07, 6.45) is 2.03. The molecule has 1 heterocycles. The van der Waals surface area contributed by atoms with Gasteiger partial charge in [0, 0.05) is 12.6 Å². The fraction of sp³-hybridized carbons (Fsp3) is 0.833. The molecule has 0 bridgehead atoms. The van der Waals surface area contributed by atoms with Crippen LogP contribution in [-0.4, -0.2) is 25.1 Å². The van der Waals surface area contributed by atoms with Crippen LogP contribution in [0.4, 0.5) is 0 Å². The van der Waals surface area contributed by atoms with Crippen LogP contribution in [0.3, 0.4) is 0 Å². The third-order valence-corrected chi connectivity index (χ3v) is 1.66. The van der Waals surface area contributed by atoms with Crippen molar-refractivity contribution in [3.63, 3.8) is 0 Å². The van der Waals surface area contributed by atoms with Crippen LogP contribution in [0.2, 0.25) is 0 Å². The monoisotopic (exact) mass is 142 g/mol. The summed E-state index contributed by atoms with van der Waals surface area (Å²) in [4.78, 5) is 0. The molecule has 1 atom stereocenters. The standard InChI is InChI=1S/C6H14N4/c7-3-1-5-2-4-9-6(8)10-5/h5H,1-4,7H2,(H3,8,9,10)/t5-/m0/s1. The van der Waals surface area contributed by atoms with Gasteiger partial charge in [-0.3, -0.25) is 5.41 Å². The topological polar surface area (TPSA) is 73.9 Å². The van der Waals surface area contributed by atoms with Gasteiger partial charge in [0.05, 0.1) is 0 Å². The van der Waals surface area contributed by atoms with Gasteiger partial charge >= 0.3 is 0 Å². The zero-order chi connectivity index (χ0) is 7.40. The molecule has 1 aliphatic rings. The van der Waals surface area contributed by atoms with E-state index in [9.17, 15) is 0 Å². The Labute approximate surface area is 60.7 Å². The minimum absolute atomic E-state index is 0.416. The lowest BCUT2D eigenvalue weighted by Gasteiger charge is -2.25. The lowest BCUT2D eigenvalue weighted by atomic mass is 10.1. The second kappa shape index (κ2) is 3.41. The van der Waals surface area contributed by atoms with Gasteiger partial charge in [-0.1, -0.05) is 0 Å². The molecule has 4 nitrogen and oxygen atoms in total. The molecule has 4 heteroatoms. The predicted molar refractivity (Wildman–Crippen MR) is 40.9 cm³/mol. The normalized spacial score (nSPS) is 25.3. The highest BCUT2D eigenvalue weighted by molar-refractivity contribution is 5.77. The fourth-order valence-electron chi connectivity index (χ4n) is 1.12. The molecule has 1 rings (SSSR count). The van der Waals surface area contributed by atoms with Gasteiger partial charge in [0.2, 0.25) is 0 Å². The highest BCUT2D eigenvalue weighted by Crippen LogP contribution is 1.98. The molecule has 0 aromatic carbocycles. The second-order valence-corrected chi connectivity index (χ2v) is 2.51. The first-order valence-corrected chi connectivity index (χ1v) is 3.62. The summed E-state index contributed by atoms with van der Waals surface area (Å²) in [6, 6.07) is 0.416. The fourth-order valence-corrected chi connectivity index (χ4v) is 1.12. The van der Waals surface area contributed by atoms with E-state index in [1.54, 1.807) is 0 Å². The van der Waals surface area contributed by atoms with Crippen LogP contribution in [0, 0.1) is 5.41 Å². The minimum Gasteiger partial charge on any atom is -0.357 e. The molecule has 5 N–H and O–H groups in total. The van der Waals surface area contributed by atoms with Gasteiger partial charge in [-0.15, -0.1) is 0 Å². The van der Waals surface area contributed by atoms with E-state index in [2.05, 4.69) is 10.6 Å². The first-order chi connectivity index (χ1) is 4.83. The summed E-state index contributed by atoms with van der Waals surface area (Å²) in [5, 5.41) is 13.1. The molecule has 0 amide bonds. The third kappa shape index (κ3) is 1.88. The minimum atomic E-state index is 0.416. The van der Waals surface area contributed by atoms with Gasteiger partial charge < -0.3 is 16.4 Å². The number of hydrogen-bond acceptors (Lipinski definition) is 2. The lowest BCUT2D eigenvalue weighted by Crippen LogP contribution is -2.50. The number of hydrogen-bond donors (Lipinski definition) is 4. The van der Waals surface area contributed by atoms with Crippen LogP contribution in [0.15, 0.2) is 0 Å². The first kappa shape index (κ1) is 7.34. The summed E-state index contributed by atoms with van der Waals surface area (Å²) < 4.78 is 0. The largest absolute Gasteiger partial charge is 0.357 e. The van der Waals surface area contributed by atoms with E-state index in [0.717, 1.165) is 19.4 Å². The third-order valence-electron chi connectivity index (χ3n) is 1.66. The van der Waals surface area contributed by atoms with Gasteiger partial charge in [-0.2, -0.15) is 0 Å². The smallest absolute Gasteiger partial charge is 0.188 e. The highest BCUT2D eigenvalue weighted by atomic mass is 15.2. The van der Waals surface area contributed by atoms with E-state index in [1.807, 2.05) is 0 Å². The maximum atomic E-state index is 7.23. The van der Waals surface area contributed by atoms with Gasteiger partial charge in [0.25, 0.3) is 0 Å². The van der Waals surface area contributed by atoms with E-state index in [1.165, 1.54) is 0 Å². The second-order valence-electron chi connectivity index (χ2n) is 2.51. The maximum Gasteiger partial charge on any atom is 0.188 e. The summed E-state index contributed by atoms with van der Waals surface area (Å²) in [7, 11) is 0. The summed E-state index contributed by atoms with van der Waals surface area (Å²) >= 11 is 0. The van der Waals surface area contributed by atoms with Gasteiger partial charge in [-0.25, -0.2) is 0 Å². The van der Waals surface area contributed by atoms with Crippen LogP contribution in [0.25, 0.3) is 0 Å². The molecular formula is C6H14N4. The molecule has 0 spiro atoms. The Hall–Kier alpha value is -0.770. The van der Waals surface area contributed by atoms with Crippen molar-refractivity contribution in [2.75, 3.05) is 13.1 Å². The van der Waals surface area contributed by atoms with Crippen molar-refractivity contribution in [1.82, 2.24) is 10.6 Å². The van der Waals surface area contributed by atoms with Crippen molar-refractivity contribution in [1.29, 1.82) is 5.41 Å². The molecule has 58 valence electrons. The van der Waals surface area contributed by atoms with Crippen LogP contribution < -0.4 is 16.4 Å². The van der Waals surface area contributed by atoms with E-state index in [4.69, 9.17) is 11.1 Å². The summed E-state index contributed by atoms with van der Waals surface area (Å²) in [5.74, 6) is 0.435. The van der Waals surface area contributed by atoms with Crippen LogP contribution in [0.1, 0.15) is 12.8 Å². The van der Waals surface area contributed by atoms with Gasteiger partial charge in [-0.05, 0) is 19.4 Å². The van der Waals surface area contributed by atoms with Crippen molar-refractivity contribution < 1.29 is 0 Å². The SMILES string of the molecule is N=C1NCC[C@H](CCN)N1. The van der Waals surface area contributed by atoms with Crippen molar-refractivity contribution >= 4 is 5.96 Å². The highest BCUT2D eigenvalue weighted by Gasteiger charge is 2.13. The zero-order valence-corrected chi connectivity index (χ0v) is 5.98. The van der Waals surface area contributed by atoms with Crippen molar-refractivity contribution in [3.8, 4) is 0 Å². The Morgan fingerprint density at radius 3 is 3.10 bits per heavy atom. The Kier molecular flexibility index (Phi) is 2.50. The quantitative estimate of drug-likeness (QED) is 0.408. The Morgan fingerprint density at radius 2 is 2.50 bits per heavy atom. The average Bonchev–Trinajstić information content (AvgIpc) is 1.88. The van der Waals surface area contributed by atoms with Crippen LogP contribution in [0.5, 0.6) is 0 Å². The average molecular weight is 142 g/mol. The number of nitrogens with two attached hydrogens (primary N) is 1. The predicted octanol–water partition coefficient (Wildman–Crippen LogP) is -0.779. The molecular weight excluding hydrogens is 128 g/mol. The van der Waals surface area contributed by atoms with Crippen molar-refractivity contribution in [2.45, 2.75) is 18.9 Å². The molecule has 10 heavy (non-hydrogen) atoms. The molecule has 0 aromatic heterocycles. The number of rotatable bonds is 2. The molecule has 0 unspecified atom stereocenters. The summed E-state index contributed by atoms with van der Waals surface area (Å²) in [5.41, 5.74) is 5.37. The van der Waals surface area contributed by atoms with Gasteiger partial charge in [0.15, 0.2) is 5.96 Å². The Morgan fingerprint density at radius 1 is 1.70 bits per heavy atom. The van der Waals surface area contributed by atoms with E-state index >= 15 is 0 Å². The molecule has 0 radical (unpaired) electrons.